The summed E-state index contributed by atoms with van der Waals surface area (Å²) in [6.45, 7) is 2.74. The monoisotopic (exact) mass is 235 g/mol. The van der Waals surface area contributed by atoms with Crippen molar-refractivity contribution in [3.63, 3.8) is 0 Å². The van der Waals surface area contributed by atoms with Crippen LogP contribution in [0.15, 0.2) is 34.3 Å². The van der Waals surface area contributed by atoms with Gasteiger partial charge in [0.1, 0.15) is 5.75 Å². The molecule has 17 heavy (non-hydrogen) atoms. The van der Waals surface area contributed by atoms with E-state index in [0.29, 0.717) is 12.3 Å². The highest BCUT2D eigenvalue weighted by molar-refractivity contribution is 5.93. The van der Waals surface area contributed by atoms with Gasteiger partial charge >= 0.3 is 0 Å². The molecule has 1 aromatic carbocycles. The highest BCUT2D eigenvalue weighted by Crippen LogP contribution is 2.18. The minimum atomic E-state index is -0.117. The summed E-state index contributed by atoms with van der Waals surface area (Å²) < 4.78 is 5.43. The molecular weight excluding hydrogens is 218 g/mol. The highest BCUT2D eigenvalue weighted by Gasteiger charge is 1.95. The maximum Gasteiger partial charge on any atom is 0.223 e. The average Bonchev–Trinajstić information content (AvgIpc) is 2.27. The standard InChI is InChI=1S/C11H17N5O/c1-2-7-17-9-5-3-8(4-6-9)15-11(14)16-10(12)13/h3-6H,2,7H2,1H3,(H6,12,13,14,15,16). The molecule has 0 aromatic heterocycles. The molecule has 0 radical (unpaired) electrons. The van der Waals surface area contributed by atoms with Crippen molar-refractivity contribution < 1.29 is 4.74 Å². The Balaban J connectivity index is 2.71. The first-order chi connectivity index (χ1) is 8.11. The quantitative estimate of drug-likeness (QED) is 0.526. The minimum absolute atomic E-state index is 0.0206. The second-order valence-electron chi connectivity index (χ2n) is 3.35. The minimum Gasteiger partial charge on any atom is -0.494 e. The molecule has 6 N–H and O–H groups in total. The molecule has 0 fully saturated rings. The van der Waals surface area contributed by atoms with Gasteiger partial charge in [0, 0.05) is 0 Å². The van der Waals surface area contributed by atoms with Crippen molar-refractivity contribution in [2.45, 2.75) is 13.3 Å². The van der Waals surface area contributed by atoms with E-state index in [2.05, 4.69) is 16.9 Å². The fourth-order valence-corrected chi connectivity index (χ4v) is 1.13. The van der Waals surface area contributed by atoms with Crippen LogP contribution in [0.5, 0.6) is 5.75 Å². The summed E-state index contributed by atoms with van der Waals surface area (Å²) in [5.41, 5.74) is 16.5. The van der Waals surface area contributed by atoms with E-state index in [4.69, 9.17) is 21.9 Å². The lowest BCUT2D eigenvalue weighted by atomic mass is 10.3. The van der Waals surface area contributed by atoms with E-state index < -0.39 is 0 Å². The summed E-state index contributed by atoms with van der Waals surface area (Å²) in [4.78, 5) is 7.63. The fourth-order valence-electron chi connectivity index (χ4n) is 1.13. The smallest absolute Gasteiger partial charge is 0.223 e. The van der Waals surface area contributed by atoms with Crippen LogP contribution in [0.25, 0.3) is 0 Å². The normalized spacial score (nSPS) is 11.0. The van der Waals surface area contributed by atoms with Crippen LogP contribution in [-0.4, -0.2) is 18.5 Å². The summed E-state index contributed by atoms with van der Waals surface area (Å²) in [5, 5.41) is 0. The number of hydrogen-bond donors (Lipinski definition) is 3. The van der Waals surface area contributed by atoms with Crippen LogP contribution in [0, 0.1) is 0 Å². The third-order valence-electron chi connectivity index (χ3n) is 1.80. The number of benzene rings is 1. The molecule has 0 unspecified atom stereocenters. The molecule has 6 nitrogen and oxygen atoms in total. The Morgan fingerprint density at radius 1 is 1.18 bits per heavy atom. The van der Waals surface area contributed by atoms with Crippen LogP contribution in [0.2, 0.25) is 0 Å². The first-order valence-electron chi connectivity index (χ1n) is 5.28. The Labute approximate surface area is 100 Å². The number of nitrogens with zero attached hydrogens (tertiary/aromatic N) is 2. The van der Waals surface area contributed by atoms with Gasteiger partial charge in [-0.2, -0.15) is 4.99 Å². The van der Waals surface area contributed by atoms with Crippen molar-refractivity contribution in [2.24, 2.45) is 27.2 Å². The van der Waals surface area contributed by atoms with Gasteiger partial charge in [-0.15, -0.1) is 0 Å². The molecule has 0 spiro atoms. The second-order valence-corrected chi connectivity index (χ2v) is 3.35. The lowest BCUT2D eigenvalue weighted by Gasteiger charge is -2.03. The van der Waals surface area contributed by atoms with E-state index >= 15 is 0 Å². The molecule has 0 saturated carbocycles. The number of nitrogens with two attached hydrogens (primary N) is 3. The molecule has 0 atom stereocenters. The predicted molar refractivity (Wildman–Crippen MR) is 69.3 cm³/mol. The number of guanidine groups is 2. The largest absolute Gasteiger partial charge is 0.494 e. The zero-order chi connectivity index (χ0) is 12.7. The van der Waals surface area contributed by atoms with Gasteiger partial charge in [0.15, 0.2) is 5.96 Å². The number of hydrogen-bond acceptors (Lipinski definition) is 2. The maximum absolute atomic E-state index is 5.50. The molecule has 0 aliphatic heterocycles. The Hall–Kier alpha value is -2.24. The van der Waals surface area contributed by atoms with Crippen LogP contribution in [0.3, 0.4) is 0 Å². The zero-order valence-corrected chi connectivity index (χ0v) is 9.76. The Kier molecular flexibility index (Phi) is 4.80. The van der Waals surface area contributed by atoms with Crippen molar-refractivity contribution in [1.29, 1.82) is 0 Å². The summed E-state index contributed by atoms with van der Waals surface area (Å²) in [6.07, 6.45) is 0.970. The molecule has 0 aliphatic rings. The summed E-state index contributed by atoms with van der Waals surface area (Å²) in [5.74, 6) is 0.701. The van der Waals surface area contributed by atoms with E-state index in [1.54, 1.807) is 12.1 Å². The molecule has 0 heterocycles. The van der Waals surface area contributed by atoms with Crippen LogP contribution in [0.4, 0.5) is 5.69 Å². The molecule has 1 aromatic rings. The highest BCUT2D eigenvalue weighted by atomic mass is 16.5. The first-order valence-corrected chi connectivity index (χ1v) is 5.28. The SMILES string of the molecule is CCCOc1ccc(N=C(N)N=C(N)N)cc1. The lowest BCUT2D eigenvalue weighted by Crippen LogP contribution is -2.26. The van der Waals surface area contributed by atoms with Crippen LogP contribution < -0.4 is 21.9 Å². The fraction of sp³-hybridized carbons (Fsp3) is 0.273. The summed E-state index contributed by atoms with van der Waals surface area (Å²) >= 11 is 0. The van der Waals surface area contributed by atoms with Crippen molar-refractivity contribution >= 4 is 17.6 Å². The van der Waals surface area contributed by atoms with E-state index in [0.717, 1.165) is 12.2 Å². The van der Waals surface area contributed by atoms with Gasteiger partial charge in [0.25, 0.3) is 0 Å². The van der Waals surface area contributed by atoms with Crippen LogP contribution >= 0.6 is 0 Å². The maximum atomic E-state index is 5.50. The van der Waals surface area contributed by atoms with Crippen molar-refractivity contribution in [3.8, 4) is 5.75 Å². The van der Waals surface area contributed by atoms with Crippen molar-refractivity contribution in [2.75, 3.05) is 6.61 Å². The van der Waals surface area contributed by atoms with E-state index in [9.17, 15) is 0 Å². The molecule has 0 saturated heterocycles. The molecule has 6 heteroatoms. The van der Waals surface area contributed by atoms with E-state index in [-0.39, 0.29) is 11.9 Å². The van der Waals surface area contributed by atoms with Gasteiger partial charge in [0.05, 0.1) is 12.3 Å². The van der Waals surface area contributed by atoms with Crippen LogP contribution in [-0.2, 0) is 0 Å². The predicted octanol–water partition coefficient (Wildman–Crippen LogP) is 0.695. The number of ether oxygens (including phenoxy) is 1. The Bertz CT molecular complexity index is 406. The van der Waals surface area contributed by atoms with Gasteiger partial charge in [0.2, 0.25) is 5.96 Å². The number of rotatable bonds is 4. The van der Waals surface area contributed by atoms with Crippen molar-refractivity contribution in [3.05, 3.63) is 24.3 Å². The topological polar surface area (TPSA) is 112 Å². The molecule has 0 amide bonds. The van der Waals surface area contributed by atoms with Crippen LogP contribution in [0.1, 0.15) is 13.3 Å². The summed E-state index contributed by atoms with van der Waals surface area (Å²) in [7, 11) is 0. The second kappa shape index (κ2) is 6.37. The third kappa shape index (κ3) is 4.87. The van der Waals surface area contributed by atoms with E-state index in [1.165, 1.54) is 0 Å². The molecular formula is C11H17N5O. The van der Waals surface area contributed by atoms with E-state index in [1.807, 2.05) is 12.1 Å². The number of aliphatic imine (C=N–C) groups is 2. The summed E-state index contributed by atoms with van der Waals surface area (Å²) in [6, 6.07) is 7.19. The lowest BCUT2D eigenvalue weighted by molar-refractivity contribution is 0.317. The van der Waals surface area contributed by atoms with Gasteiger partial charge in [-0.3, -0.25) is 0 Å². The Morgan fingerprint density at radius 2 is 1.82 bits per heavy atom. The molecule has 92 valence electrons. The zero-order valence-electron chi connectivity index (χ0n) is 9.76. The first kappa shape index (κ1) is 12.8. The van der Waals surface area contributed by atoms with Gasteiger partial charge in [-0.05, 0) is 30.7 Å². The molecule has 0 aliphatic carbocycles. The van der Waals surface area contributed by atoms with Crippen molar-refractivity contribution in [1.82, 2.24) is 0 Å². The molecule has 1 rings (SSSR count). The average molecular weight is 235 g/mol. The van der Waals surface area contributed by atoms with Gasteiger partial charge < -0.3 is 21.9 Å². The molecule has 0 bridgehead atoms. The third-order valence-corrected chi connectivity index (χ3v) is 1.80. The van der Waals surface area contributed by atoms with Gasteiger partial charge in [-0.25, -0.2) is 4.99 Å². The Morgan fingerprint density at radius 3 is 2.35 bits per heavy atom. The van der Waals surface area contributed by atoms with Gasteiger partial charge in [-0.1, -0.05) is 6.92 Å².